The van der Waals surface area contributed by atoms with Gasteiger partial charge < -0.3 is 40.8 Å². The Kier molecular flexibility index (Phi) is 12.3. The molecule has 4 aromatic rings. The van der Waals surface area contributed by atoms with E-state index in [0.29, 0.717) is 16.7 Å². The molecule has 3 heterocycles. The number of ether oxygens (including phenoxy) is 3. The maximum absolute atomic E-state index is 16.0. The Balaban J connectivity index is 1.55. The lowest BCUT2D eigenvalue weighted by atomic mass is 9.65. The molecule has 0 unspecified atom stereocenters. The minimum absolute atomic E-state index is 0.0197. The van der Waals surface area contributed by atoms with Crippen LogP contribution in [-0.4, -0.2) is 89.9 Å². The number of nitrogens with zero attached hydrogens (tertiary/aromatic N) is 2. The van der Waals surface area contributed by atoms with Crippen LogP contribution in [-0.2, 0) is 34.1 Å². The Morgan fingerprint density at radius 1 is 0.903 bits per heavy atom. The monoisotopic (exact) mass is 843 g/mol. The molecular formula is C46H45N5O11. The Bertz CT molecular complexity index is 2450. The predicted molar refractivity (Wildman–Crippen MR) is 222 cm³/mol. The largest absolute Gasteiger partial charge is 0.491 e. The Morgan fingerprint density at radius 2 is 1.58 bits per heavy atom. The van der Waals surface area contributed by atoms with Crippen LogP contribution >= 0.6 is 0 Å². The highest BCUT2D eigenvalue weighted by molar-refractivity contribution is 6.24. The summed E-state index contributed by atoms with van der Waals surface area (Å²) in [6.45, 7) is 2.81. The second-order valence-corrected chi connectivity index (χ2v) is 15.3. The molecule has 7 atom stereocenters. The first-order valence-corrected chi connectivity index (χ1v) is 19.9. The van der Waals surface area contributed by atoms with Crippen molar-refractivity contribution in [1.29, 1.82) is 0 Å². The van der Waals surface area contributed by atoms with Crippen molar-refractivity contribution in [1.82, 2.24) is 15.5 Å². The normalized spacial score (nSPS) is 23.0. The summed E-state index contributed by atoms with van der Waals surface area (Å²) in [5, 5.41) is 26.2. The summed E-state index contributed by atoms with van der Waals surface area (Å²) in [7, 11) is 1.16. The van der Waals surface area contributed by atoms with Gasteiger partial charge in [-0.1, -0.05) is 98.5 Å². The van der Waals surface area contributed by atoms with E-state index in [1.165, 1.54) is 18.2 Å². The number of hydrogen-bond acceptors (Lipinski definition) is 11. The van der Waals surface area contributed by atoms with Gasteiger partial charge in [0.05, 0.1) is 38.0 Å². The van der Waals surface area contributed by atoms with Gasteiger partial charge >= 0.3 is 30.0 Å². The number of urea groups is 2. The van der Waals surface area contributed by atoms with Crippen LogP contribution in [0.5, 0.6) is 5.75 Å². The molecule has 0 bridgehead atoms. The minimum atomic E-state index is -2.29. The number of carbonyl (C=O) groups excluding carboxylic acids is 5. The number of nitrogens with one attached hydrogen (secondary N) is 2. The number of rotatable bonds is 11. The van der Waals surface area contributed by atoms with Gasteiger partial charge in [-0.3, -0.25) is 19.3 Å². The highest BCUT2D eigenvalue weighted by atomic mass is 16.6. The van der Waals surface area contributed by atoms with Crippen LogP contribution in [0.25, 0.3) is 0 Å². The van der Waals surface area contributed by atoms with E-state index in [-0.39, 0.29) is 42.3 Å². The maximum atomic E-state index is 16.0. The number of amides is 5. The molecule has 6 N–H and O–H groups in total. The van der Waals surface area contributed by atoms with Crippen LogP contribution in [0.15, 0.2) is 103 Å². The fraction of sp³-hybridized carbons (Fsp3) is 0.304. The van der Waals surface area contributed by atoms with Crippen LogP contribution in [0.4, 0.5) is 15.3 Å². The number of esters is 2. The Morgan fingerprint density at radius 3 is 2.21 bits per heavy atom. The summed E-state index contributed by atoms with van der Waals surface area (Å²) in [6.07, 6.45) is -1.01. The molecule has 5 amide bonds. The lowest BCUT2D eigenvalue weighted by Gasteiger charge is -2.46. The molecule has 0 saturated carbocycles. The molecule has 2 saturated heterocycles. The third-order valence-electron chi connectivity index (χ3n) is 11.4. The van der Waals surface area contributed by atoms with Crippen LogP contribution in [0.2, 0.25) is 0 Å². The predicted octanol–water partition coefficient (Wildman–Crippen LogP) is 3.73. The second kappa shape index (κ2) is 17.8. The molecule has 16 nitrogen and oxygen atoms in total. The van der Waals surface area contributed by atoms with Crippen molar-refractivity contribution >= 4 is 41.6 Å². The minimum Gasteiger partial charge on any atom is -0.491 e. The highest BCUT2D eigenvalue weighted by Gasteiger charge is 2.76. The van der Waals surface area contributed by atoms with Crippen LogP contribution in [0.3, 0.4) is 0 Å². The smallest absolute Gasteiger partial charge is 0.329 e. The second-order valence-electron chi connectivity index (χ2n) is 15.3. The number of methoxy groups -OCH3 is 1. The molecule has 3 aliphatic rings. The third kappa shape index (κ3) is 7.56. The summed E-state index contributed by atoms with van der Waals surface area (Å²) in [5.41, 5.74) is 4.83. The number of cyclic esters (lactones) is 1. The van der Waals surface area contributed by atoms with Crippen LogP contribution in [0, 0.1) is 23.7 Å². The molecule has 7 rings (SSSR count). The lowest BCUT2D eigenvalue weighted by molar-refractivity contribution is -0.179. The van der Waals surface area contributed by atoms with Crippen molar-refractivity contribution in [2.24, 2.45) is 17.6 Å². The Labute approximate surface area is 356 Å². The number of aliphatic hydroxyl groups is 1. The lowest BCUT2D eigenvalue weighted by Crippen LogP contribution is -2.56. The van der Waals surface area contributed by atoms with E-state index >= 15 is 4.79 Å². The number of carboxylic acids is 1. The number of anilines is 1. The molecule has 320 valence electrons. The molecule has 2 fully saturated rings. The van der Waals surface area contributed by atoms with E-state index in [4.69, 9.17) is 19.9 Å². The fourth-order valence-electron chi connectivity index (χ4n) is 9.00. The number of primary amides is 1. The van der Waals surface area contributed by atoms with Gasteiger partial charge in [-0.15, -0.1) is 0 Å². The molecule has 62 heavy (non-hydrogen) atoms. The summed E-state index contributed by atoms with van der Waals surface area (Å²) in [4.78, 5) is 86.6. The highest BCUT2D eigenvalue weighted by Crippen LogP contribution is 2.66. The molecule has 16 heteroatoms. The fourth-order valence-corrected chi connectivity index (χ4v) is 9.00. The molecule has 0 radical (unpaired) electrons. The number of aliphatic hydroxyl groups excluding tert-OH is 1. The first-order valence-electron chi connectivity index (χ1n) is 19.9. The van der Waals surface area contributed by atoms with Gasteiger partial charge in [-0.05, 0) is 58.5 Å². The van der Waals surface area contributed by atoms with Crippen molar-refractivity contribution in [3.8, 4) is 17.6 Å². The average molecular weight is 844 g/mol. The van der Waals surface area contributed by atoms with Crippen molar-refractivity contribution in [2.75, 3.05) is 31.8 Å². The summed E-state index contributed by atoms with van der Waals surface area (Å²) in [6, 6.07) is 22.1. The van der Waals surface area contributed by atoms with Crippen LogP contribution in [0.1, 0.15) is 59.9 Å². The third-order valence-corrected chi connectivity index (χ3v) is 11.4. The molecule has 3 aliphatic heterocycles. The quantitative estimate of drug-likeness (QED) is 0.108. The van der Waals surface area contributed by atoms with Gasteiger partial charge in [0, 0.05) is 5.56 Å². The number of carboxylic acid groups (broad SMARTS) is 1. The van der Waals surface area contributed by atoms with E-state index in [0.717, 1.165) is 12.0 Å². The zero-order valence-corrected chi connectivity index (χ0v) is 34.0. The molecule has 4 aromatic carbocycles. The van der Waals surface area contributed by atoms with Gasteiger partial charge in [0.1, 0.15) is 41.9 Å². The van der Waals surface area contributed by atoms with Gasteiger partial charge in [0.25, 0.3) is 0 Å². The van der Waals surface area contributed by atoms with Crippen LogP contribution < -0.4 is 26.0 Å². The van der Waals surface area contributed by atoms with Gasteiger partial charge in [-0.2, -0.15) is 0 Å². The summed E-state index contributed by atoms with van der Waals surface area (Å²) < 4.78 is 17.1. The number of benzene rings is 4. The number of aliphatic carboxylic acids is 1. The van der Waals surface area contributed by atoms with E-state index in [9.17, 15) is 34.2 Å². The standard InChI is InChI=1S/C46H45N5O11/c1-26(2)35(41(55)60-3)49-45(59)50-33-20-19-27(12-11-21-48-44(47)58)24-32(33)46(43(50)57)34(40(53)54)37-42(56)62-38(29-15-8-5-9-16-29)36(28-13-6-4-7-14-28)51(37)39(46)30-17-10-18-31(25-30)61-23-22-52/h4-10,13-20,24-26,34-39,52H,21-23H2,1-3H3,(H,49,59)(H,53,54)(H3,47,48,58)/t34-,35-,36-,37-,38+,39+,46-/m0/s1. The zero-order chi connectivity index (χ0) is 44.3. The van der Waals surface area contributed by atoms with Crippen molar-refractivity contribution in [3.05, 3.63) is 131 Å². The first kappa shape index (κ1) is 42.9. The van der Waals surface area contributed by atoms with E-state index in [1.807, 2.05) is 24.3 Å². The zero-order valence-electron chi connectivity index (χ0n) is 34.0. The number of fused-ring (bicyclic) bond motifs is 3. The van der Waals surface area contributed by atoms with E-state index in [2.05, 4.69) is 22.5 Å². The molecule has 1 spiro atoms. The number of carbonyl (C=O) groups is 6. The molecule has 0 aromatic heterocycles. The van der Waals surface area contributed by atoms with Gasteiger partial charge in [-0.25, -0.2) is 19.3 Å². The van der Waals surface area contributed by atoms with E-state index < -0.39 is 83.4 Å². The average Bonchev–Trinajstić information content (AvgIpc) is 3.73. The number of nitrogens with two attached hydrogens (primary N) is 1. The molecule has 0 aliphatic carbocycles. The summed E-state index contributed by atoms with van der Waals surface area (Å²) >= 11 is 0. The van der Waals surface area contributed by atoms with Crippen molar-refractivity contribution in [3.63, 3.8) is 0 Å². The van der Waals surface area contributed by atoms with Gasteiger partial charge in [0.15, 0.2) is 0 Å². The Hall–Kier alpha value is -7.22. The SMILES string of the molecule is COC(=O)[C@@H](NC(=O)N1C(=O)[C@@]2(c3cc(C#CCNC(N)=O)ccc31)[C@H](C(=O)O)[C@H]1C(=O)O[C@H](c3ccccc3)[C@H](c3ccccc3)N1[C@@H]2c1cccc(OCCO)c1)C(C)C. The first-order chi connectivity index (χ1) is 29.8. The summed E-state index contributed by atoms with van der Waals surface area (Å²) in [5.74, 6) is -0.634. The molecular weight excluding hydrogens is 799 g/mol. The number of hydrogen-bond donors (Lipinski definition) is 5. The van der Waals surface area contributed by atoms with Crippen molar-refractivity contribution < 1.29 is 53.2 Å². The maximum Gasteiger partial charge on any atom is 0.329 e. The van der Waals surface area contributed by atoms with E-state index in [1.54, 1.807) is 79.4 Å². The van der Waals surface area contributed by atoms with Gasteiger partial charge in [0.2, 0.25) is 5.91 Å². The number of morpholine rings is 1. The topological polar surface area (TPSA) is 227 Å². The van der Waals surface area contributed by atoms with Crippen molar-refractivity contribution in [2.45, 2.75) is 49.5 Å². The number of imide groups is 1.